The maximum absolute atomic E-state index is 10.8. The van der Waals surface area contributed by atoms with Crippen molar-refractivity contribution in [2.45, 2.75) is 32.2 Å². The summed E-state index contributed by atoms with van der Waals surface area (Å²) in [6.07, 6.45) is 0. The molecular weight excluding hydrogens is 164 g/mol. The minimum Gasteiger partial charge on any atom is -0.287 e. The number of primary sulfonamides is 1. The Balaban J connectivity index is 4.38. The molecule has 0 rings (SSSR count). The second kappa shape index (κ2) is 3.51. The Labute approximate surface area is 68.4 Å². The van der Waals surface area contributed by atoms with Crippen LogP contribution in [0.3, 0.4) is 0 Å². The van der Waals surface area contributed by atoms with Gasteiger partial charge in [-0.2, -0.15) is 0 Å². The van der Waals surface area contributed by atoms with Gasteiger partial charge in [0.05, 0.1) is 0 Å². The minimum atomic E-state index is -3.42. The van der Waals surface area contributed by atoms with E-state index in [1.54, 1.807) is 18.9 Å². The van der Waals surface area contributed by atoms with Crippen LogP contribution in [0.1, 0.15) is 20.8 Å². The van der Waals surface area contributed by atoms with Crippen LogP contribution in [0, 0.1) is 0 Å². The maximum atomic E-state index is 10.8. The van der Waals surface area contributed by atoms with Gasteiger partial charge >= 0.3 is 0 Å². The van der Waals surface area contributed by atoms with Crippen LogP contribution in [0.25, 0.3) is 0 Å². The molecular formula is C6H16N2O2S. The number of hydrogen-bond acceptors (Lipinski definition) is 3. The second-order valence-corrected chi connectivity index (χ2v) is 4.81. The number of sulfonamides is 1. The summed E-state index contributed by atoms with van der Waals surface area (Å²) in [5.74, 6) is 0. The van der Waals surface area contributed by atoms with Gasteiger partial charge in [0, 0.05) is 6.04 Å². The molecule has 0 heterocycles. The summed E-state index contributed by atoms with van der Waals surface area (Å²) in [6, 6.07) is 0.184. The highest BCUT2D eigenvalue weighted by Gasteiger charge is 2.21. The summed E-state index contributed by atoms with van der Waals surface area (Å²) >= 11 is 0. The lowest BCUT2D eigenvalue weighted by Gasteiger charge is -2.26. The van der Waals surface area contributed by atoms with Crippen LogP contribution in [0.15, 0.2) is 0 Å². The van der Waals surface area contributed by atoms with Gasteiger partial charge in [-0.05, 0) is 27.8 Å². The Morgan fingerprint density at radius 3 is 1.73 bits per heavy atom. The van der Waals surface area contributed by atoms with E-state index in [1.165, 1.54) is 0 Å². The zero-order valence-corrected chi connectivity index (χ0v) is 8.22. The highest BCUT2D eigenvalue weighted by Crippen LogP contribution is 2.04. The lowest BCUT2D eigenvalue weighted by Crippen LogP contribution is -2.43. The van der Waals surface area contributed by atoms with Crippen molar-refractivity contribution in [1.82, 2.24) is 4.90 Å². The Hall–Kier alpha value is -0.130. The molecule has 5 heteroatoms. The number of hydrogen-bond donors (Lipinski definition) is 1. The van der Waals surface area contributed by atoms with E-state index in [9.17, 15) is 8.42 Å². The Bertz CT molecular complexity index is 211. The molecule has 2 N–H and O–H groups in total. The quantitative estimate of drug-likeness (QED) is 0.663. The molecule has 0 spiro atoms. The molecule has 1 atom stereocenters. The average Bonchev–Trinajstić information content (AvgIpc) is 1.82. The third-order valence-corrected chi connectivity index (χ3v) is 3.15. The third kappa shape index (κ3) is 3.18. The van der Waals surface area contributed by atoms with Gasteiger partial charge in [-0.1, -0.05) is 0 Å². The summed E-state index contributed by atoms with van der Waals surface area (Å²) in [4.78, 5) is 1.70. The molecule has 0 fully saturated rings. The monoisotopic (exact) mass is 180 g/mol. The molecule has 0 aliphatic rings. The average molecular weight is 180 g/mol. The van der Waals surface area contributed by atoms with Gasteiger partial charge in [0.2, 0.25) is 10.0 Å². The van der Waals surface area contributed by atoms with Gasteiger partial charge < -0.3 is 0 Å². The summed E-state index contributed by atoms with van der Waals surface area (Å²) in [6.45, 7) is 5.42. The van der Waals surface area contributed by atoms with Crippen molar-refractivity contribution in [2.24, 2.45) is 5.14 Å². The van der Waals surface area contributed by atoms with E-state index in [-0.39, 0.29) is 6.04 Å². The smallest absolute Gasteiger partial charge is 0.225 e. The predicted molar refractivity (Wildman–Crippen MR) is 45.5 cm³/mol. The van der Waals surface area contributed by atoms with E-state index >= 15 is 0 Å². The Kier molecular flexibility index (Phi) is 3.47. The fourth-order valence-corrected chi connectivity index (χ4v) is 1.36. The van der Waals surface area contributed by atoms with Crippen LogP contribution >= 0.6 is 0 Å². The first-order valence-corrected chi connectivity index (χ1v) is 5.11. The summed E-state index contributed by atoms with van der Waals surface area (Å²) in [5.41, 5.74) is 0. The molecule has 0 aliphatic carbocycles. The molecule has 0 aromatic heterocycles. The van der Waals surface area contributed by atoms with Gasteiger partial charge in [0.15, 0.2) is 0 Å². The standard InChI is InChI=1S/C6H16N2O2S/c1-5(2)8(4)6(3)11(7,9)10/h5-6H,1-4H3,(H2,7,9,10). The van der Waals surface area contributed by atoms with Crippen LogP contribution in [0.5, 0.6) is 0 Å². The van der Waals surface area contributed by atoms with Crippen LogP contribution in [-0.4, -0.2) is 31.8 Å². The largest absolute Gasteiger partial charge is 0.287 e. The van der Waals surface area contributed by atoms with Gasteiger partial charge in [-0.25, -0.2) is 13.6 Å². The zero-order valence-electron chi connectivity index (χ0n) is 7.40. The summed E-state index contributed by atoms with van der Waals surface area (Å²) in [5, 5.41) is 4.34. The fraction of sp³-hybridized carbons (Fsp3) is 1.00. The van der Waals surface area contributed by atoms with Crippen molar-refractivity contribution in [1.29, 1.82) is 0 Å². The summed E-state index contributed by atoms with van der Waals surface area (Å²) in [7, 11) is -1.69. The van der Waals surface area contributed by atoms with Gasteiger partial charge in [-0.15, -0.1) is 0 Å². The first-order valence-electron chi connectivity index (χ1n) is 3.50. The SMILES string of the molecule is CC(C)N(C)C(C)S(N)(=O)=O. The van der Waals surface area contributed by atoms with Crippen molar-refractivity contribution >= 4 is 10.0 Å². The van der Waals surface area contributed by atoms with Crippen LogP contribution in [0.2, 0.25) is 0 Å². The third-order valence-electron chi connectivity index (χ3n) is 1.86. The summed E-state index contributed by atoms with van der Waals surface area (Å²) < 4.78 is 21.6. The fourth-order valence-electron chi connectivity index (χ4n) is 0.652. The number of nitrogens with two attached hydrogens (primary N) is 1. The highest BCUT2D eigenvalue weighted by molar-refractivity contribution is 7.89. The van der Waals surface area contributed by atoms with Gasteiger partial charge in [0.1, 0.15) is 5.37 Å². The molecule has 0 aromatic carbocycles. The van der Waals surface area contributed by atoms with Gasteiger partial charge in [-0.3, -0.25) is 4.90 Å². The molecule has 68 valence electrons. The Morgan fingerprint density at radius 2 is 1.64 bits per heavy atom. The van der Waals surface area contributed by atoms with Crippen molar-refractivity contribution < 1.29 is 8.42 Å². The maximum Gasteiger partial charge on any atom is 0.225 e. The normalized spacial score (nSPS) is 15.9. The molecule has 0 aliphatic heterocycles. The predicted octanol–water partition coefficient (Wildman–Crippen LogP) is -0.0389. The van der Waals surface area contributed by atoms with E-state index < -0.39 is 15.4 Å². The molecule has 1 unspecified atom stereocenters. The number of rotatable bonds is 3. The molecule has 0 bridgehead atoms. The molecule has 0 radical (unpaired) electrons. The topological polar surface area (TPSA) is 63.4 Å². The van der Waals surface area contributed by atoms with Crippen molar-refractivity contribution in [3.05, 3.63) is 0 Å². The van der Waals surface area contributed by atoms with Crippen LogP contribution in [0.4, 0.5) is 0 Å². The highest BCUT2D eigenvalue weighted by atomic mass is 32.2. The van der Waals surface area contributed by atoms with E-state index in [1.807, 2.05) is 13.8 Å². The molecule has 0 amide bonds. The number of nitrogens with zero attached hydrogens (tertiary/aromatic N) is 1. The van der Waals surface area contributed by atoms with Crippen molar-refractivity contribution in [3.63, 3.8) is 0 Å². The lowest BCUT2D eigenvalue weighted by molar-refractivity contribution is 0.258. The van der Waals surface area contributed by atoms with Crippen LogP contribution < -0.4 is 5.14 Å². The first-order chi connectivity index (χ1) is 4.76. The molecule has 4 nitrogen and oxygen atoms in total. The lowest BCUT2D eigenvalue weighted by atomic mass is 10.3. The second-order valence-electron chi connectivity index (χ2n) is 2.95. The van der Waals surface area contributed by atoms with E-state index in [2.05, 4.69) is 0 Å². The van der Waals surface area contributed by atoms with Gasteiger partial charge in [0.25, 0.3) is 0 Å². The molecule has 0 saturated carbocycles. The van der Waals surface area contributed by atoms with Crippen LogP contribution in [-0.2, 0) is 10.0 Å². The molecule has 0 aromatic rings. The molecule has 11 heavy (non-hydrogen) atoms. The van der Waals surface area contributed by atoms with E-state index in [0.717, 1.165) is 0 Å². The van der Waals surface area contributed by atoms with Crippen molar-refractivity contribution in [2.75, 3.05) is 7.05 Å². The van der Waals surface area contributed by atoms with Crippen molar-refractivity contribution in [3.8, 4) is 0 Å². The first kappa shape index (κ1) is 10.9. The zero-order chi connectivity index (χ0) is 9.23. The minimum absolute atomic E-state index is 0.184. The molecule has 0 saturated heterocycles. The van der Waals surface area contributed by atoms with E-state index in [4.69, 9.17) is 5.14 Å². The van der Waals surface area contributed by atoms with E-state index in [0.29, 0.717) is 0 Å². The Morgan fingerprint density at radius 1 is 1.27 bits per heavy atom.